The normalized spacial score (nSPS) is 19.6. The number of carboxylic acids is 1. The highest BCUT2D eigenvalue weighted by atomic mass is 16.4. The van der Waals surface area contributed by atoms with Crippen LogP contribution in [-0.4, -0.2) is 71.0 Å². The molecule has 0 aromatic carbocycles. The summed E-state index contributed by atoms with van der Waals surface area (Å²) in [7, 11) is 0. The van der Waals surface area contributed by atoms with Crippen LogP contribution in [-0.2, 0) is 19.2 Å². The number of carbonyl (C=O) groups excluding carboxylic acids is 3. The molecular weight excluding hydrogens is 426 g/mol. The summed E-state index contributed by atoms with van der Waals surface area (Å²) in [6, 6.07) is -3.30. The first-order valence-corrected chi connectivity index (χ1v) is 12.1. The minimum Gasteiger partial charge on any atom is -0.480 e. The predicted molar refractivity (Wildman–Crippen MR) is 126 cm³/mol. The molecule has 0 spiro atoms. The average molecular weight is 470 g/mol. The van der Waals surface area contributed by atoms with Crippen molar-refractivity contribution in [1.82, 2.24) is 15.5 Å². The van der Waals surface area contributed by atoms with Gasteiger partial charge in [-0.3, -0.25) is 14.4 Å². The Hall–Kier alpha value is -2.20. The summed E-state index contributed by atoms with van der Waals surface area (Å²) in [5.41, 5.74) is 11.5. The summed E-state index contributed by atoms with van der Waals surface area (Å²) >= 11 is 0. The van der Waals surface area contributed by atoms with Crippen molar-refractivity contribution >= 4 is 23.7 Å². The smallest absolute Gasteiger partial charge is 0.326 e. The van der Waals surface area contributed by atoms with Crippen LogP contribution in [0.4, 0.5) is 0 Å². The molecule has 10 nitrogen and oxygen atoms in total. The van der Waals surface area contributed by atoms with Crippen LogP contribution in [0.1, 0.15) is 72.6 Å². The van der Waals surface area contributed by atoms with Crippen molar-refractivity contribution in [1.29, 1.82) is 0 Å². The van der Waals surface area contributed by atoms with Gasteiger partial charge >= 0.3 is 5.97 Å². The Kier molecular flexibility index (Phi) is 12.4. The number of likely N-dealkylation sites (tertiary alicyclic amines) is 1. The molecule has 1 fully saturated rings. The Morgan fingerprint density at radius 1 is 1.12 bits per heavy atom. The van der Waals surface area contributed by atoms with E-state index in [1.165, 1.54) is 4.90 Å². The van der Waals surface area contributed by atoms with E-state index < -0.39 is 42.0 Å². The summed E-state index contributed by atoms with van der Waals surface area (Å²) in [6.45, 7) is 8.47. The number of amides is 3. The van der Waals surface area contributed by atoms with E-state index in [4.69, 9.17) is 11.5 Å². The number of nitrogens with two attached hydrogens (primary N) is 2. The molecule has 1 saturated heterocycles. The van der Waals surface area contributed by atoms with Crippen molar-refractivity contribution in [2.75, 3.05) is 13.1 Å². The van der Waals surface area contributed by atoms with Crippen LogP contribution in [0.25, 0.3) is 0 Å². The maximum Gasteiger partial charge on any atom is 0.326 e. The minimum atomic E-state index is -1.10. The average Bonchev–Trinajstić information content (AvgIpc) is 3.25. The summed E-state index contributed by atoms with van der Waals surface area (Å²) < 4.78 is 0. The van der Waals surface area contributed by atoms with Crippen LogP contribution in [0.5, 0.6) is 0 Å². The van der Waals surface area contributed by atoms with Gasteiger partial charge in [0.15, 0.2) is 0 Å². The number of nitrogens with one attached hydrogen (secondary N) is 2. The zero-order chi connectivity index (χ0) is 25.1. The van der Waals surface area contributed by atoms with Gasteiger partial charge in [-0.15, -0.1) is 0 Å². The van der Waals surface area contributed by atoms with Gasteiger partial charge in [-0.05, 0) is 50.5 Å². The molecule has 0 radical (unpaired) electrons. The van der Waals surface area contributed by atoms with Gasteiger partial charge in [-0.1, -0.05) is 40.5 Å². The second kappa shape index (κ2) is 14.1. The fourth-order valence-corrected chi connectivity index (χ4v) is 4.03. The van der Waals surface area contributed by atoms with E-state index in [1.54, 1.807) is 0 Å². The number of hydrogen-bond donors (Lipinski definition) is 5. The van der Waals surface area contributed by atoms with Crippen LogP contribution in [0.2, 0.25) is 0 Å². The molecule has 0 aromatic heterocycles. The number of nitrogens with zero attached hydrogens (tertiary/aromatic N) is 1. The first-order chi connectivity index (χ1) is 15.5. The quantitative estimate of drug-likeness (QED) is 0.232. The molecule has 0 aromatic rings. The molecule has 5 unspecified atom stereocenters. The van der Waals surface area contributed by atoms with E-state index in [-0.39, 0.29) is 17.7 Å². The third-order valence-corrected chi connectivity index (χ3v) is 6.24. The lowest BCUT2D eigenvalue weighted by atomic mass is 9.96. The van der Waals surface area contributed by atoms with Gasteiger partial charge in [0.25, 0.3) is 0 Å². The van der Waals surface area contributed by atoms with Gasteiger partial charge in [0, 0.05) is 6.54 Å². The molecule has 0 bridgehead atoms. The molecule has 1 aliphatic rings. The van der Waals surface area contributed by atoms with Crippen LogP contribution in [0.3, 0.4) is 0 Å². The number of unbranched alkanes of at least 4 members (excludes halogenated alkanes) is 1. The van der Waals surface area contributed by atoms with Gasteiger partial charge < -0.3 is 32.1 Å². The fraction of sp³-hybridized carbons (Fsp3) is 0.826. The van der Waals surface area contributed by atoms with Gasteiger partial charge in [0.1, 0.15) is 18.1 Å². The van der Waals surface area contributed by atoms with Gasteiger partial charge in [-0.25, -0.2) is 4.79 Å². The molecule has 5 atom stereocenters. The number of carbonyl (C=O) groups is 4. The van der Waals surface area contributed by atoms with Crippen molar-refractivity contribution in [3.05, 3.63) is 0 Å². The minimum absolute atomic E-state index is 0.0896. The third kappa shape index (κ3) is 8.92. The second-order valence-electron chi connectivity index (χ2n) is 9.48. The molecule has 190 valence electrons. The van der Waals surface area contributed by atoms with E-state index in [2.05, 4.69) is 10.6 Å². The lowest BCUT2D eigenvalue weighted by molar-refractivity contribution is -0.145. The molecule has 33 heavy (non-hydrogen) atoms. The van der Waals surface area contributed by atoms with Crippen molar-refractivity contribution in [2.24, 2.45) is 23.3 Å². The summed E-state index contributed by atoms with van der Waals surface area (Å²) in [4.78, 5) is 52.0. The highest BCUT2D eigenvalue weighted by Gasteiger charge is 2.40. The van der Waals surface area contributed by atoms with Gasteiger partial charge in [0.05, 0.1) is 6.04 Å². The van der Waals surface area contributed by atoms with Crippen LogP contribution in [0.15, 0.2) is 0 Å². The number of carboxylic acid groups (broad SMARTS) is 1. The molecular formula is C23H43N5O5. The molecule has 1 heterocycles. The van der Waals surface area contributed by atoms with Crippen molar-refractivity contribution < 1.29 is 24.3 Å². The van der Waals surface area contributed by atoms with E-state index in [0.717, 1.165) is 12.8 Å². The summed E-state index contributed by atoms with van der Waals surface area (Å²) in [5.74, 6) is -2.36. The third-order valence-electron chi connectivity index (χ3n) is 6.24. The molecule has 10 heteroatoms. The Bertz CT molecular complexity index is 672. The molecule has 0 aliphatic carbocycles. The summed E-state index contributed by atoms with van der Waals surface area (Å²) in [5, 5.41) is 14.8. The highest BCUT2D eigenvalue weighted by molar-refractivity contribution is 5.94. The lowest BCUT2D eigenvalue weighted by Gasteiger charge is -2.32. The number of hydrogen-bond acceptors (Lipinski definition) is 6. The second-order valence-corrected chi connectivity index (χ2v) is 9.48. The fourth-order valence-electron chi connectivity index (χ4n) is 4.03. The van der Waals surface area contributed by atoms with Gasteiger partial charge in [-0.2, -0.15) is 0 Å². The topological polar surface area (TPSA) is 168 Å². The molecule has 3 amide bonds. The number of aliphatic carboxylic acids is 1. The van der Waals surface area contributed by atoms with Crippen LogP contribution >= 0.6 is 0 Å². The Balaban J connectivity index is 2.92. The Morgan fingerprint density at radius 3 is 2.33 bits per heavy atom. The van der Waals surface area contributed by atoms with E-state index in [9.17, 15) is 24.3 Å². The molecule has 0 saturated carbocycles. The van der Waals surface area contributed by atoms with Crippen molar-refractivity contribution in [3.8, 4) is 0 Å². The van der Waals surface area contributed by atoms with Crippen molar-refractivity contribution in [2.45, 2.75) is 96.8 Å². The zero-order valence-electron chi connectivity index (χ0n) is 20.5. The van der Waals surface area contributed by atoms with Crippen molar-refractivity contribution in [3.63, 3.8) is 0 Å². The first kappa shape index (κ1) is 28.8. The summed E-state index contributed by atoms with van der Waals surface area (Å²) in [6.07, 6.45) is 4.01. The Morgan fingerprint density at radius 2 is 1.79 bits per heavy atom. The van der Waals surface area contributed by atoms with E-state index >= 15 is 0 Å². The van der Waals surface area contributed by atoms with Crippen LogP contribution in [0, 0.1) is 11.8 Å². The van der Waals surface area contributed by atoms with E-state index in [1.807, 2.05) is 27.7 Å². The molecule has 1 rings (SSSR count). The standard InChI is InChI=1S/C23H43N5O5/c1-5-15(4)19(27-20(29)16(25)9-6-7-11-24)22(31)28-12-8-10-18(28)21(30)26-17(23(32)33)13-14(2)3/h14-19H,5-13,24-25H2,1-4H3,(H,26,30)(H,27,29)(H,32,33). The maximum atomic E-state index is 13.4. The largest absolute Gasteiger partial charge is 0.480 e. The van der Waals surface area contributed by atoms with Crippen LogP contribution < -0.4 is 22.1 Å². The molecule has 7 N–H and O–H groups in total. The highest BCUT2D eigenvalue weighted by Crippen LogP contribution is 2.22. The van der Waals surface area contributed by atoms with Gasteiger partial charge in [0.2, 0.25) is 17.7 Å². The Labute approximate surface area is 197 Å². The monoisotopic (exact) mass is 469 g/mol. The lowest BCUT2D eigenvalue weighted by Crippen LogP contribution is -2.58. The first-order valence-electron chi connectivity index (χ1n) is 12.1. The molecule has 1 aliphatic heterocycles. The predicted octanol–water partition coefficient (Wildman–Crippen LogP) is 0.580. The number of rotatable bonds is 14. The zero-order valence-corrected chi connectivity index (χ0v) is 20.5. The maximum absolute atomic E-state index is 13.4. The van der Waals surface area contributed by atoms with E-state index in [0.29, 0.717) is 45.2 Å². The SMILES string of the molecule is CCC(C)C(NC(=O)C(N)CCCCN)C(=O)N1CCCC1C(=O)NC(CC(C)C)C(=O)O.